The van der Waals surface area contributed by atoms with Gasteiger partial charge in [-0.3, -0.25) is 9.59 Å². The lowest BCUT2D eigenvalue weighted by molar-refractivity contribution is -0.142. The van der Waals surface area contributed by atoms with Gasteiger partial charge in [0.1, 0.15) is 17.5 Å². The number of methoxy groups -OCH3 is 1. The summed E-state index contributed by atoms with van der Waals surface area (Å²) in [7, 11) is 1.60. The minimum atomic E-state index is -0.574. The zero-order valence-corrected chi connectivity index (χ0v) is 17.6. The molecular formula is C23H30N2O4. The van der Waals surface area contributed by atoms with Gasteiger partial charge in [0.2, 0.25) is 5.91 Å². The lowest BCUT2D eigenvalue weighted by Crippen LogP contribution is -2.50. The standard InChI is InChI=1S/C23H30N2O4/c1-5-21(23(27)24-6-2)25(15-18-10-8-11-19(14-18)28-4)22(26)16-29-20-12-7-9-17(3)13-20/h7-14,21H,5-6,15-16H2,1-4H3,(H,24,27)/t21-/m1/s1. The fraction of sp³-hybridized carbons (Fsp3) is 0.391. The second-order valence-electron chi connectivity index (χ2n) is 6.80. The molecule has 1 N–H and O–H groups in total. The predicted octanol–water partition coefficient (Wildman–Crippen LogP) is 3.33. The van der Waals surface area contributed by atoms with Gasteiger partial charge in [0.15, 0.2) is 6.61 Å². The summed E-state index contributed by atoms with van der Waals surface area (Å²) in [6.45, 7) is 6.39. The smallest absolute Gasteiger partial charge is 0.261 e. The molecule has 0 aromatic heterocycles. The second-order valence-corrected chi connectivity index (χ2v) is 6.80. The molecule has 2 aromatic rings. The van der Waals surface area contributed by atoms with Crippen LogP contribution in [0.3, 0.4) is 0 Å². The Morgan fingerprint density at radius 3 is 2.45 bits per heavy atom. The number of carbonyl (C=O) groups excluding carboxylic acids is 2. The molecule has 29 heavy (non-hydrogen) atoms. The second kappa shape index (κ2) is 11.1. The highest BCUT2D eigenvalue weighted by molar-refractivity contribution is 5.88. The van der Waals surface area contributed by atoms with E-state index < -0.39 is 6.04 Å². The van der Waals surface area contributed by atoms with Crippen LogP contribution in [0.2, 0.25) is 0 Å². The van der Waals surface area contributed by atoms with Crippen LogP contribution in [0.5, 0.6) is 11.5 Å². The van der Waals surface area contributed by atoms with Crippen LogP contribution in [0.4, 0.5) is 0 Å². The summed E-state index contributed by atoms with van der Waals surface area (Å²) < 4.78 is 11.0. The average Bonchev–Trinajstić information content (AvgIpc) is 2.72. The van der Waals surface area contributed by atoms with Crippen LogP contribution in [0.1, 0.15) is 31.4 Å². The summed E-state index contributed by atoms with van der Waals surface area (Å²) in [6, 6.07) is 14.5. The Morgan fingerprint density at radius 1 is 1.07 bits per heavy atom. The molecule has 2 rings (SSSR count). The number of amides is 2. The van der Waals surface area contributed by atoms with E-state index in [1.807, 2.05) is 69.3 Å². The zero-order chi connectivity index (χ0) is 21.2. The number of likely N-dealkylation sites (N-methyl/N-ethyl adjacent to an activating group) is 1. The minimum absolute atomic E-state index is 0.136. The van der Waals surface area contributed by atoms with Crippen molar-refractivity contribution in [3.63, 3.8) is 0 Å². The van der Waals surface area contributed by atoms with Gasteiger partial charge < -0.3 is 19.7 Å². The van der Waals surface area contributed by atoms with Crippen molar-refractivity contribution in [1.82, 2.24) is 10.2 Å². The Hall–Kier alpha value is -3.02. The molecule has 0 saturated heterocycles. The molecule has 6 heteroatoms. The van der Waals surface area contributed by atoms with Crippen molar-refractivity contribution in [1.29, 1.82) is 0 Å². The van der Waals surface area contributed by atoms with Crippen LogP contribution >= 0.6 is 0 Å². The van der Waals surface area contributed by atoms with Crippen molar-refractivity contribution < 1.29 is 19.1 Å². The van der Waals surface area contributed by atoms with Gasteiger partial charge in [-0.15, -0.1) is 0 Å². The SMILES string of the molecule is CCNC(=O)[C@@H](CC)N(Cc1cccc(OC)c1)C(=O)COc1cccc(C)c1. The summed E-state index contributed by atoms with van der Waals surface area (Å²) in [6.07, 6.45) is 0.506. The molecule has 0 spiro atoms. The third-order valence-electron chi connectivity index (χ3n) is 4.58. The fourth-order valence-electron chi connectivity index (χ4n) is 3.11. The molecule has 0 bridgehead atoms. The number of benzene rings is 2. The molecule has 2 aromatic carbocycles. The molecule has 6 nitrogen and oxygen atoms in total. The van der Waals surface area contributed by atoms with Crippen molar-refractivity contribution >= 4 is 11.8 Å². The van der Waals surface area contributed by atoms with E-state index in [1.165, 1.54) is 0 Å². The Labute approximate surface area is 172 Å². The number of nitrogens with one attached hydrogen (secondary N) is 1. The molecule has 0 aliphatic rings. The van der Waals surface area contributed by atoms with Gasteiger partial charge in [0.25, 0.3) is 5.91 Å². The van der Waals surface area contributed by atoms with E-state index in [9.17, 15) is 9.59 Å². The quantitative estimate of drug-likeness (QED) is 0.667. The fourth-order valence-corrected chi connectivity index (χ4v) is 3.11. The van der Waals surface area contributed by atoms with E-state index in [0.717, 1.165) is 11.1 Å². The van der Waals surface area contributed by atoms with E-state index in [2.05, 4.69) is 5.32 Å². The minimum Gasteiger partial charge on any atom is -0.497 e. The summed E-state index contributed by atoms with van der Waals surface area (Å²) in [5, 5.41) is 2.82. The summed E-state index contributed by atoms with van der Waals surface area (Å²) in [5.74, 6) is 0.928. The van der Waals surface area contributed by atoms with Gasteiger partial charge in [-0.2, -0.15) is 0 Å². The van der Waals surface area contributed by atoms with Gasteiger partial charge in [-0.05, 0) is 55.7 Å². The van der Waals surface area contributed by atoms with Crippen molar-refractivity contribution in [2.24, 2.45) is 0 Å². The maximum atomic E-state index is 13.1. The first-order valence-electron chi connectivity index (χ1n) is 9.88. The van der Waals surface area contributed by atoms with Gasteiger partial charge in [0, 0.05) is 13.1 Å². The Bertz CT molecular complexity index is 822. The molecule has 0 fully saturated rings. The van der Waals surface area contributed by atoms with E-state index in [4.69, 9.17) is 9.47 Å². The Balaban J connectivity index is 2.21. The number of rotatable bonds is 10. The van der Waals surface area contributed by atoms with E-state index >= 15 is 0 Å². The predicted molar refractivity (Wildman–Crippen MR) is 113 cm³/mol. The third kappa shape index (κ3) is 6.52. The van der Waals surface area contributed by atoms with Crippen LogP contribution in [0, 0.1) is 6.92 Å². The highest BCUT2D eigenvalue weighted by Crippen LogP contribution is 2.18. The summed E-state index contributed by atoms with van der Waals surface area (Å²) in [5.41, 5.74) is 1.94. The summed E-state index contributed by atoms with van der Waals surface area (Å²) >= 11 is 0. The number of hydrogen-bond donors (Lipinski definition) is 1. The lowest BCUT2D eigenvalue weighted by atomic mass is 10.1. The topological polar surface area (TPSA) is 67.9 Å². The molecule has 0 aliphatic heterocycles. The molecule has 0 saturated carbocycles. The average molecular weight is 399 g/mol. The maximum Gasteiger partial charge on any atom is 0.261 e. The van der Waals surface area contributed by atoms with E-state index in [-0.39, 0.29) is 18.4 Å². The lowest BCUT2D eigenvalue weighted by Gasteiger charge is -2.30. The molecule has 0 aliphatic carbocycles. The van der Waals surface area contributed by atoms with Crippen LogP contribution in [-0.4, -0.2) is 43.0 Å². The third-order valence-corrected chi connectivity index (χ3v) is 4.58. The monoisotopic (exact) mass is 398 g/mol. The summed E-state index contributed by atoms with van der Waals surface area (Å²) in [4.78, 5) is 27.2. The highest BCUT2D eigenvalue weighted by atomic mass is 16.5. The first kappa shape index (κ1) is 22.3. The number of ether oxygens (including phenoxy) is 2. The first-order chi connectivity index (χ1) is 14.0. The maximum absolute atomic E-state index is 13.1. The van der Waals surface area contributed by atoms with Crippen LogP contribution < -0.4 is 14.8 Å². The number of nitrogens with zero attached hydrogens (tertiary/aromatic N) is 1. The largest absolute Gasteiger partial charge is 0.497 e. The Morgan fingerprint density at radius 2 is 1.79 bits per heavy atom. The van der Waals surface area contributed by atoms with Crippen molar-refractivity contribution in [3.8, 4) is 11.5 Å². The van der Waals surface area contributed by atoms with E-state index in [0.29, 0.717) is 31.0 Å². The number of hydrogen-bond acceptors (Lipinski definition) is 4. The molecule has 2 amide bonds. The van der Waals surface area contributed by atoms with E-state index in [1.54, 1.807) is 12.0 Å². The number of carbonyl (C=O) groups is 2. The molecule has 156 valence electrons. The molecule has 0 unspecified atom stereocenters. The van der Waals surface area contributed by atoms with Crippen LogP contribution in [0.25, 0.3) is 0 Å². The number of aryl methyl sites for hydroxylation is 1. The van der Waals surface area contributed by atoms with Gasteiger partial charge >= 0.3 is 0 Å². The van der Waals surface area contributed by atoms with Crippen LogP contribution in [0.15, 0.2) is 48.5 Å². The normalized spacial score (nSPS) is 11.4. The molecule has 0 heterocycles. The van der Waals surface area contributed by atoms with Gasteiger partial charge in [0.05, 0.1) is 7.11 Å². The van der Waals surface area contributed by atoms with Gasteiger partial charge in [-0.1, -0.05) is 31.2 Å². The molecule has 1 atom stereocenters. The Kier molecular flexibility index (Phi) is 8.52. The highest BCUT2D eigenvalue weighted by Gasteiger charge is 2.28. The van der Waals surface area contributed by atoms with Crippen molar-refractivity contribution in [3.05, 3.63) is 59.7 Å². The zero-order valence-electron chi connectivity index (χ0n) is 17.6. The van der Waals surface area contributed by atoms with Gasteiger partial charge in [-0.25, -0.2) is 0 Å². The molecular weight excluding hydrogens is 368 g/mol. The molecule has 0 radical (unpaired) electrons. The van der Waals surface area contributed by atoms with Crippen LogP contribution in [-0.2, 0) is 16.1 Å². The van der Waals surface area contributed by atoms with Crippen molar-refractivity contribution in [2.45, 2.75) is 39.8 Å². The first-order valence-corrected chi connectivity index (χ1v) is 9.88. The van der Waals surface area contributed by atoms with Crippen molar-refractivity contribution in [2.75, 3.05) is 20.3 Å².